The van der Waals surface area contributed by atoms with Gasteiger partial charge in [0.05, 0.1) is 0 Å². The van der Waals surface area contributed by atoms with Crippen LogP contribution in [-0.2, 0) is 9.59 Å². The zero-order valence-corrected chi connectivity index (χ0v) is 12.9. The van der Waals surface area contributed by atoms with E-state index >= 15 is 0 Å². The van der Waals surface area contributed by atoms with E-state index in [1.54, 1.807) is 0 Å². The molecule has 0 aliphatic heterocycles. The van der Waals surface area contributed by atoms with Crippen LogP contribution in [0.5, 0.6) is 0 Å². The molecule has 0 saturated heterocycles. The number of carbonyl (C=O) groups is 2. The molecule has 0 amide bonds. The minimum atomic E-state index is -1.26. The first-order valence-electron chi connectivity index (χ1n) is 1.77. The normalized spacial score (nSPS) is 6.91. The van der Waals surface area contributed by atoms with Crippen molar-refractivity contribution in [1.82, 2.24) is 0 Å². The second kappa shape index (κ2) is 14.2. The summed E-state index contributed by atoms with van der Waals surface area (Å²) in [6, 6.07) is 0. The van der Waals surface area contributed by atoms with Crippen molar-refractivity contribution < 1.29 is 19.8 Å². The summed E-state index contributed by atoms with van der Waals surface area (Å²) in [7, 11) is 0. The van der Waals surface area contributed by atoms with Gasteiger partial charge < -0.3 is 10.2 Å². The summed E-state index contributed by atoms with van der Waals surface area (Å²) in [5.74, 6) is -2.51. The number of hydrogen-bond acceptors (Lipinski definition) is 2. The average molecular weight is 185 g/mol. The van der Waals surface area contributed by atoms with Gasteiger partial charge in [-0.05, 0) is 0 Å². The molecular formula is C4H4Na3O4. The molecule has 0 rings (SSSR count). The van der Waals surface area contributed by atoms with Gasteiger partial charge in [-0.25, -0.2) is 9.59 Å². The third kappa shape index (κ3) is 24.5. The molecule has 47 valence electrons. The van der Waals surface area contributed by atoms with Gasteiger partial charge in [0.15, 0.2) is 0 Å². The van der Waals surface area contributed by atoms with Crippen LogP contribution < -0.4 is 0 Å². The zero-order valence-electron chi connectivity index (χ0n) is 6.87. The summed E-state index contributed by atoms with van der Waals surface area (Å²) in [6.07, 6.45) is 1.12. The van der Waals surface area contributed by atoms with E-state index in [4.69, 9.17) is 10.2 Å². The molecule has 0 aliphatic rings. The number of hydrogen-bond donors (Lipinski definition) is 2. The zero-order chi connectivity index (χ0) is 6.57. The van der Waals surface area contributed by atoms with Crippen molar-refractivity contribution in [2.24, 2.45) is 0 Å². The molecule has 4 nitrogen and oxygen atoms in total. The summed E-state index contributed by atoms with van der Waals surface area (Å²) in [5.41, 5.74) is 0. The molecule has 0 aromatic rings. The van der Waals surface area contributed by atoms with Gasteiger partial charge >= 0.3 is 11.9 Å². The van der Waals surface area contributed by atoms with E-state index in [0.29, 0.717) is 12.2 Å². The second-order valence-electron chi connectivity index (χ2n) is 1.01. The first kappa shape index (κ1) is 23.0. The van der Waals surface area contributed by atoms with Gasteiger partial charge in [0.1, 0.15) is 0 Å². The van der Waals surface area contributed by atoms with Crippen LogP contribution >= 0.6 is 0 Å². The van der Waals surface area contributed by atoms with Gasteiger partial charge in [-0.1, -0.05) is 0 Å². The van der Waals surface area contributed by atoms with Crippen molar-refractivity contribution in [3.63, 3.8) is 0 Å². The average Bonchev–Trinajstić information content (AvgIpc) is 1.61. The predicted molar refractivity (Wildman–Crippen MR) is 41.7 cm³/mol. The molecule has 0 heterocycles. The van der Waals surface area contributed by atoms with E-state index in [1.807, 2.05) is 0 Å². The van der Waals surface area contributed by atoms with Gasteiger partial charge in [-0.2, -0.15) is 0 Å². The van der Waals surface area contributed by atoms with E-state index in [0.717, 1.165) is 0 Å². The van der Waals surface area contributed by atoms with Crippen molar-refractivity contribution in [2.75, 3.05) is 0 Å². The Morgan fingerprint density at radius 2 is 1.00 bits per heavy atom. The molecule has 0 fully saturated rings. The predicted octanol–water partition coefficient (Wildman–Crippen LogP) is -1.43. The maximum Gasteiger partial charge on any atom is 0.328 e. The number of rotatable bonds is 2. The molecule has 0 saturated carbocycles. The van der Waals surface area contributed by atoms with Crippen LogP contribution in [0.2, 0.25) is 0 Å². The van der Waals surface area contributed by atoms with E-state index in [2.05, 4.69) is 0 Å². The minimum Gasteiger partial charge on any atom is -0.478 e. The van der Waals surface area contributed by atoms with Crippen molar-refractivity contribution in [3.8, 4) is 0 Å². The maximum absolute atomic E-state index is 9.55. The van der Waals surface area contributed by atoms with Crippen LogP contribution in [0.3, 0.4) is 0 Å². The molecule has 0 atom stereocenters. The van der Waals surface area contributed by atoms with Crippen molar-refractivity contribution in [3.05, 3.63) is 12.2 Å². The molecule has 11 heavy (non-hydrogen) atoms. The van der Waals surface area contributed by atoms with Crippen LogP contribution in [0.1, 0.15) is 0 Å². The van der Waals surface area contributed by atoms with Crippen LogP contribution in [0.15, 0.2) is 12.2 Å². The standard InChI is InChI=1S/C4H4O4.3Na/c5-3(6)1-2-4(7)8;;;/h1-2H,(H,5,6)(H,7,8);;;/b2-1+;;;. The molecule has 7 heteroatoms. The second-order valence-corrected chi connectivity index (χ2v) is 1.01. The Hall–Kier alpha value is 1.68. The van der Waals surface area contributed by atoms with Gasteiger partial charge in [0.2, 0.25) is 0 Å². The van der Waals surface area contributed by atoms with Crippen LogP contribution in [0.25, 0.3) is 0 Å². The summed E-state index contributed by atoms with van der Waals surface area (Å²) in [4.78, 5) is 19.1. The Morgan fingerprint density at radius 3 is 1.09 bits per heavy atom. The van der Waals surface area contributed by atoms with Crippen LogP contribution in [0, 0.1) is 0 Å². The van der Waals surface area contributed by atoms with Gasteiger partial charge in [0, 0.05) is 101 Å². The Balaban J connectivity index is -0.0000000817. The molecule has 0 aliphatic carbocycles. The summed E-state index contributed by atoms with van der Waals surface area (Å²) < 4.78 is 0. The number of carboxylic acids is 2. The van der Waals surface area contributed by atoms with Crippen molar-refractivity contribution >= 4 is 101 Å². The SMILES string of the molecule is O=C(O)/C=C/C(=O)O.[Na].[Na].[Na]. The van der Waals surface area contributed by atoms with E-state index in [9.17, 15) is 9.59 Å². The topological polar surface area (TPSA) is 74.6 Å². The Labute approximate surface area is 130 Å². The molecule has 3 radical (unpaired) electrons. The maximum atomic E-state index is 9.55. The first-order valence-corrected chi connectivity index (χ1v) is 1.77. The molecule has 0 bridgehead atoms. The van der Waals surface area contributed by atoms with Crippen molar-refractivity contribution in [1.29, 1.82) is 0 Å². The Morgan fingerprint density at radius 1 is 0.818 bits per heavy atom. The molecule has 0 aromatic carbocycles. The largest absolute Gasteiger partial charge is 0.478 e. The molecule has 0 aromatic heterocycles. The molecule has 2 N–H and O–H groups in total. The third-order valence-electron chi connectivity index (χ3n) is 0.368. The smallest absolute Gasteiger partial charge is 0.328 e. The van der Waals surface area contributed by atoms with Crippen LogP contribution in [-0.4, -0.2) is 111 Å². The fourth-order valence-electron chi connectivity index (χ4n) is 0.143. The fourth-order valence-corrected chi connectivity index (χ4v) is 0.143. The molecule has 0 spiro atoms. The molecule has 0 unspecified atom stereocenters. The number of aliphatic carboxylic acids is 2. The summed E-state index contributed by atoms with van der Waals surface area (Å²) >= 11 is 0. The van der Waals surface area contributed by atoms with Crippen molar-refractivity contribution in [2.45, 2.75) is 0 Å². The van der Waals surface area contributed by atoms with E-state index in [1.165, 1.54) is 0 Å². The summed E-state index contributed by atoms with van der Waals surface area (Å²) in [6.45, 7) is 0. The van der Waals surface area contributed by atoms with Gasteiger partial charge in [0.25, 0.3) is 0 Å². The van der Waals surface area contributed by atoms with E-state index < -0.39 is 11.9 Å². The fraction of sp³-hybridized carbons (Fsp3) is 0. The number of carboxylic acid groups (broad SMARTS) is 2. The Bertz CT molecular complexity index is 128. The minimum absolute atomic E-state index is 0. The van der Waals surface area contributed by atoms with Crippen LogP contribution in [0.4, 0.5) is 0 Å². The van der Waals surface area contributed by atoms with E-state index in [-0.39, 0.29) is 88.7 Å². The molecular weight excluding hydrogens is 181 g/mol. The Kier molecular flexibility index (Phi) is 29.7. The quantitative estimate of drug-likeness (QED) is 0.408. The van der Waals surface area contributed by atoms with Gasteiger partial charge in [-0.15, -0.1) is 0 Å². The third-order valence-corrected chi connectivity index (χ3v) is 0.368. The van der Waals surface area contributed by atoms with Gasteiger partial charge in [-0.3, -0.25) is 0 Å². The first-order chi connectivity index (χ1) is 3.63. The summed E-state index contributed by atoms with van der Waals surface area (Å²) in [5, 5.41) is 15.6. The monoisotopic (exact) mass is 185 g/mol.